The summed E-state index contributed by atoms with van der Waals surface area (Å²) in [6, 6.07) is 10.8. The zero-order chi connectivity index (χ0) is 21.9. The maximum Gasteiger partial charge on any atom is 0.272 e. The molecule has 2 atom stereocenters. The highest BCUT2D eigenvalue weighted by Crippen LogP contribution is 2.54. The molecule has 1 heterocycles. The van der Waals surface area contributed by atoms with Crippen LogP contribution in [-0.4, -0.2) is 15.7 Å². The molecule has 3 aromatic rings. The van der Waals surface area contributed by atoms with Crippen molar-refractivity contribution in [3.8, 4) is 5.69 Å². The molecule has 1 amide bonds. The molecule has 1 N–H and O–H groups in total. The Labute approximate surface area is 184 Å². The molecule has 0 spiro atoms. The Morgan fingerprint density at radius 1 is 1.16 bits per heavy atom. The molecule has 31 heavy (non-hydrogen) atoms. The van der Waals surface area contributed by atoms with Crippen LogP contribution < -0.4 is 5.32 Å². The smallest absolute Gasteiger partial charge is 0.272 e. The van der Waals surface area contributed by atoms with Gasteiger partial charge in [0.05, 0.1) is 11.2 Å². The van der Waals surface area contributed by atoms with Gasteiger partial charge in [-0.15, -0.1) is 0 Å². The van der Waals surface area contributed by atoms with Gasteiger partial charge in [-0.3, -0.25) is 4.79 Å². The topological polar surface area (TPSA) is 46.9 Å². The number of fused-ring (bicyclic) bond motifs is 5. The third kappa shape index (κ3) is 3.24. The van der Waals surface area contributed by atoms with Crippen LogP contribution >= 0.6 is 11.6 Å². The van der Waals surface area contributed by atoms with Crippen LogP contribution in [0.2, 0.25) is 5.02 Å². The molecule has 1 fully saturated rings. The van der Waals surface area contributed by atoms with Gasteiger partial charge >= 0.3 is 0 Å². The lowest BCUT2D eigenvalue weighted by atomic mass is 9.92. The standard InChI is InChI=1S/C24H22ClF2N3O/c1-24(2,16-5-3-4-6-17(16)25)28-23(31)21-20-13-7-8-14(11-13)22(20)30(29-21)19-10-9-15(26)12-18(19)27/h3-6,9-10,12-14H,7-8,11H2,1-2H3,(H,28,31)/t13-,14-/m0/s1. The van der Waals surface area contributed by atoms with Gasteiger partial charge in [0.1, 0.15) is 11.5 Å². The van der Waals surface area contributed by atoms with Gasteiger partial charge in [-0.2, -0.15) is 5.10 Å². The van der Waals surface area contributed by atoms with Crippen LogP contribution in [0.3, 0.4) is 0 Å². The molecule has 1 saturated carbocycles. The van der Waals surface area contributed by atoms with Crippen LogP contribution in [-0.2, 0) is 5.54 Å². The predicted octanol–water partition coefficient (Wildman–Crippen LogP) is 5.83. The van der Waals surface area contributed by atoms with Crippen molar-refractivity contribution in [1.29, 1.82) is 0 Å². The summed E-state index contributed by atoms with van der Waals surface area (Å²) in [5.41, 5.74) is 2.31. The Morgan fingerprint density at radius 2 is 1.90 bits per heavy atom. The minimum absolute atomic E-state index is 0.162. The van der Waals surface area contributed by atoms with E-state index in [4.69, 9.17) is 11.6 Å². The van der Waals surface area contributed by atoms with E-state index in [0.717, 1.165) is 42.1 Å². The number of hydrogen-bond donors (Lipinski definition) is 1. The second kappa shape index (κ2) is 7.16. The molecule has 7 heteroatoms. The molecule has 0 unspecified atom stereocenters. The van der Waals surface area contributed by atoms with Gasteiger partial charge in [0.15, 0.2) is 11.5 Å². The molecule has 0 radical (unpaired) electrons. The van der Waals surface area contributed by atoms with Crippen molar-refractivity contribution in [2.75, 3.05) is 0 Å². The number of nitrogens with one attached hydrogen (secondary N) is 1. The highest BCUT2D eigenvalue weighted by molar-refractivity contribution is 6.31. The van der Waals surface area contributed by atoms with Crippen molar-refractivity contribution in [2.24, 2.45) is 0 Å². The largest absolute Gasteiger partial charge is 0.342 e. The number of aromatic nitrogens is 2. The number of carbonyl (C=O) groups excluding carboxylic acids is 1. The lowest BCUT2D eigenvalue weighted by molar-refractivity contribution is 0.0905. The second-order valence-electron chi connectivity index (χ2n) is 8.92. The summed E-state index contributed by atoms with van der Waals surface area (Å²) in [6.45, 7) is 3.77. The van der Waals surface area contributed by atoms with E-state index in [1.54, 1.807) is 6.07 Å². The number of carbonyl (C=O) groups is 1. The first-order valence-corrected chi connectivity index (χ1v) is 10.8. The fourth-order valence-electron chi connectivity index (χ4n) is 5.11. The number of hydrogen-bond acceptors (Lipinski definition) is 2. The van der Waals surface area contributed by atoms with Crippen molar-refractivity contribution in [3.63, 3.8) is 0 Å². The van der Waals surface area contributed by atoms with Crippen molar-refractivity contribution < 1.29 is 13.6 Å². The molecule has 5 rings (SSSR count). The van der Waals surface area contributed by atoms with Crippen LogP contribution in [0.15, 0.2) is 42.5 Å². The summed E-state index contributed by atoms with van der Waals surface area (Å²) in [5, 5.41) is 8.16. The molecule has 4 nitrogen and oxygen atoms in total. The average Bonchev–Trinajstić information content (AvgIpc) is 3.41. The molecule has 2 aromatic carbocycles. The molecule has 2 bridgehead atoms. The lowest BCUT2D eigenvalue weighted by Gasteiger charge is -2.27. The third-order valence-corrected chi connectivity index (χ3v) is 6.84. The van der Waals surface area contributed by atoms with E-state index >= 15 is 0 Å². The predicted molar refractivity (Wildman–Crippen MR) is 115 cm³/mol. The van der Waals surface area contributed by atoms with Gasteiger partial charge in [0.2, 0.25) is 0 Å². The van der Waals surface area contributed by atoms with Crippen LogP contribution in [0.4, 0.5) is 8.78 Å². The monoisotopic (exact) mass is 441 g/mol. The van der Waals surface area contributed by atoms with E-state index in [1.165, 1.54) is 16.8 Å². The molecule has 160 valence electrons. The van der Waals surface area contributed by atoms with Gasteiger partial charge < -0.3 is 5.32 Å². The fraction of sp³-hybridized carbons (Fsp3) is 0.333. The van der Waals surface area contributed by atoms with Crippen LogP contribution in [0.1, 0.15) is 72.3 Å². The van der Waals surface area contributed by atoms with Gasteiger partial charge in [0.25, 0.3) is 5.91 Å². The van der Waals surface area contributed by atoms with E-state index in [1.807, 2.05) is 32.0 Å². The number of rotatable bonds is 4. The quantitative estimate of drug-likeness (QED) is 0.553. The van der Waals surface area contributed by atoms with E-state index in [9.17, 15) is 13.6 Å². The van der Waals surface area contributed by atoms with Crippen LogP contribution in [0, 0.1) is 11.6 Å². The Balaban J connectivity index is 1.57. The number of amides is 1. The number of benzene rings is 2. The van der Waals surface area contributed by atoms with Crippen molar-refractivity contribution >= 4 is 17.5 Å². The number of nitrogens with zero attached hydrogens (tertiary/aromatic N) is 2. The Morgan fingerprint density at radius 3 is 2.65 bits per heavy atom. The minimum atomic E-state index is -0.731. The summed E-state index contributed by atoms with van der Waals surface area (Å²) >= 11 is 6.35. The van der Waals surface area contributed by atoms with Crippen molar-refractivity contribution in [2.45, 2.75) is 50.5 Å². The first-order chi connectivity index (χ1) is 14.8. The minimum Gasteiger partial charge on any atom is -0.342 e. The molecule has 0 aliphatic heterocycles. The third-order valence-electron chi connectivity index (χ3n) is 6.51. The number of halogens is 3. The van der Waals surface area contributed by atoms with Gasteiger partial charge in [-0.1, -0.05) is 29.8 Å². The molecule has 0 saturated heterocycles. The molecule has 2 aliphatic rings. The molecular formula is C24H22ClF2N3O. The lowest BCUT2D eigenvalue weighted by Crippen LogP contribution is -2.41. The summed E-state index contributed by atoms with van der Waals surface area (Å²) in [6.07, 6.45) is 2.91. The van der Waals surface area contributed by atoms with Gasteiger partial charge in [-0.25, -0.2) is 13.5 Å². The van der Waals surface area contributed by atoms with E-state index in [0.29, 0.717) is 10.7 Å². The fourth-order valence-corrected chi connectivity index (χ4v) is 5.49. The molecule has 2 aliphatic carbocycles. The first kappa shape index (κ1) is 20.2. The summed E-state index contributed by atoms with van der Waals surface area (Å²) in [4.78, 5) is 13.4. The highest BCUT2D eigenvalue weighted by Gasteiger charge is 2.45. The molecule has 1 aromatic heterocycles. The normalized spacial score (nSPS) is 19.5. The Kier molecular flexibility index (Phi) is 4.66. The van der Waals surface area contributed by atoms with E-state index in [-0.39, 0.29) is 23.4 Å². The average molecular weight is 442 g/mol. The Bertz CT molecular complexity index is 1200. The maximum atomic E-state index is 14.6. The van der Waals surface area contributed by atoms with Gasteiger partial charge in [0, 0.05) is 22.6 Å². The zero-order valence-electron chi connectivity index (χ0n) is 17.3. The SMILES string of the molecule is CC(C)(NC(=O)c1nn(-c2ccc(F)cc2F)c2c1[C@H]1CC[C@H]2C1)c1ccccc1Cl. The van der Waals surface area contributed by atoms with Crippen molar-refractivity contribution in [1.82, 2.24) is 15.1 Å². The van der Waals surface area contributed by atoms with E-state index in [2.05, 4.69) is 10.4 Å². The summed E-state index contributed by atoms with van der Waals surface area (Å²) < 4.78 is 29.5. The zero-order valence-corrected chi connectivity index (χ0v) is 18.0. The molecular weight excluding hydrogens is 420 g/mol. The maximum absolute atomic E-state index is 14.6. The second-order valence-corrected chi connectivity index (χ2v) is 9.33. The van der Waals surface area contributed by atoms with Crippen LogP contribution in [0.25, 0.3) is 5.69 Å². The summed E-state index contributed by atoms with van der Waals surface area (Å²) in [7, 11) is 0. The van der Waals surface area contributed by atoms with Crippen LogP contribution in [0.5, 0.6) is 0 Å². The Hall–Kier alpha value is -2.73. The van der Waals surface area contributed by atoms with Gasteiger partial charge in [-0.05, 0) is 62.8 Å². The first-order valence-electron chi connectivity index (χ1n) is 10.4. The highest BCUT2D eigenvalue weighted by atomic mass is 35.5. The van der Waals surface area contributed by atoms with E-state index < -0.39 is 17.2 Å². The summed E-state index contributed by atoms with van der Waals surface area (Å²) in [5.74, 6) is -1.20. The van der Waals surface area contributed by atoms with Crippen molar-refractivity contribution in [3.05, 3.63) is 81.6 Å².